The van der Waals surface area contributed by atoms with Gasteiger partial charge in [0.15, 0.2) is 0 Å². The Bertz CT molecular complexity index is 795. The first-order valence-corrected chi connectivity index (χ1v) is 9.33. The molecule has 0 fully saturated rings. The van der Waals surface area contributed by atoms with Crippen molar-refractivity contribution in [3.63, 3.8) is 0 Å². The molecule has 2 aromatic rings. The largest absolute Gasteiger partial charge is 0.491 e. The van der Waals surface area contributed by atoms with Gasteiger partial charge < -0.3 is 20.1 Å². The molecule has 6 nitrogen and oxygen atoms in total. The fourth-order valence-electron chi connectivity index (χ4n) is 2.26. The van der Waals surface area contributed by atoms with E-state index in [0.717, 1.165) is 0 Å². The molecule has 0 saturated carbocycles. The molecule has 0 spiro atoms. The van der Waals surface area contributed by atoms with E-state index < -0.39 is 5.41 Å². The van der Waals surface area contributed by atoms with Crippen LogP contribution in [-0.2, 0) is 9.53 Å². The zero-order valence-corrected chi connectivity index (χ0v) is 16.9. The van der Waals surface area contributed by atoms with E-state index in [0.29, 0.717) is 42.5 Å². The molecule has 6 heteroatoms. The predicted molar refractivity (Wildman–Crippen MR) is 111 cm³/mol. The van der Waals surface area contributed by atoms with Crippen LogP contribution in [0.25, 0.3) is 0 Å². The molecule has 2 amide bonds. The average Bonchev–Trinajstić information content (AvgIpc) is 2.65. The number of nitrogens with one attached hydrogen (secondary N) is 2. The highest BCUT2D eigenvalue weighted by Crippen LogP contribution is 2.21. The lowest BCUT2D eigenvalue weighted by Gasteiger charge is -2.18. The van der Waals surface area contributed by atoms with Gasteiger partial charge in [-0.25, -0.2) is 0 Å². The highest BCUT2D eigenvalue weighted by atomic mass is 16.5. The molecule has 2 N–H and O–H groups in total. The highest BCUT2D eigenvalue weighted by Gasteiger charge is 2.21. The number of carbonyl (C=O) groups is 2. The number of benzene rings is 2. The molecule has 2 rings (SSSR count). The topological polar surface area (TPSA) is 76.7 Å². The van der Waals surface area contributed by atoms with Gasteiger partial charge in [-0.2, -0.15) is 0 Å². The Balaban J connectivity index is 1.95. The highest BCUT2D eigenvalue weighted by molar-refractivity contribution is 6.04. The quantitative estimate of drug-likeness (QED) is 0.664. The standard InChI is InChI=1S/C22H28N2O4/c1-5-27-13-14-28-19-11-9-16(10-12-19)20(25)23-17-7-6-8-18(15-17)24-21(26)22(2,3)4/h6-12,15H,5,13-14H2,1-4H3,(H,23,25)(H,24,26). The third kappa shape index (κ3) is 6.70. The summed E-state index contributed by atoms with van der Waals surface area (Å²) < 4.78 is 10.8. The van der Waals surface area contributed by atoms with Crippen LogP contribution in [0.3, 0.4) is 0 Å². The summed E-state index contributed by atoms with van der Waals surface area (Å²) in [5, 5.41) is 5.69. The summed E-state index contributed by atoms with van der Waals surface area (Å²) >= 11 is 0. The van der Waals surface area contributed by atoms with Gasteiger partial charge >= 0.3 is 0 Å². The van der Waals surface area contributed by atoms with E-state index >= 15 is 0 Å². The second kappa shape index (κ2) is 9.90. The fourth-order valence-corrected chi connectivity index (χ4v) is 2.26. The van der Waals surface area contributed by atoms with Crippen molar-refractivity contribution in [1.29, 1.82) is 0 Å². The monoisotopic (exact) mass is 384 g/mol. The summed E-state index contributed by atoms with van der Waals surface area (Å²) in [5.74, 6) is 0.360. The molecule has 0 saturated heterocycles. The van der Waals surface area contributed by atoms with E-state index in [2.05, 4.69) is 10.6 Å². The molecular formula is C22H28N2O4. The van der Waals surface area contributed by atoms with E-state index in [1.54, 1.807) is 48.5 Å². The van der Waals surface area contributed by atoms with Crippen molar-refractivity contribution in [2.75, 3.05) is 30.5 Å². The Labute approximate surface area is 166 Å². The van der Waals surface area contributed by atoms with Crippen molar-refractivity contribution in [2.45, 2.75) is 27.7 Å². The Morgan fingerprint density at radius 3 is 2.18 bits per heavy atom. The number of hydrogen-bond acceptors (Lipinski definition) is 4. The minimum atomic E-state index is -0.494. The first kappa shape index (κ1) is 21.4. The second-order valence-electron chi connectivity index (χ2n) is 7.31. The lowest BCUT2D eigenvalue weighted by atomic mass is 9.95. The molecule has 0 aromatic heterocycles. The number of carbonyl (C=O) groups excluding carboxylic acids is 2. The van der Waals surface area contributed by atoms with Gasteiger partial charge in [-0.3, -0.25) is 9.59 Å². The minimum absolute atomic E-state index is 0.0871. The summed E-state index contributed by atoms with van der Waals surface area (Å²) in [4.78, 5) is 24.6. The fraction of sp³-hybridized carbons (Fsp3) is 0.364. The van der Waals surface area contributed by atoms with Gasteiger partial charge in [-0.15, -0.1) is 0 Å². The molecule has 28 heavy (non-hydrogen) atoms. The number of anilines is 2. The average molecular weight is 384 g/mol. The van der Waals surface area contributed by atoms with E-state index in [4.69, 9.17) is 9.47 Å². The van der Waals surface area contributed by atoms with Crippen molar-refractivity contribution in [3.05, 3.63) is 54.1 Å². The van der Waals surface area contributed by atoms with Crippen molar-refractivity contribution >= 4 is 23.2 Å². The summed E-state index contributed by atoms with van der Waals surface area (Å²) in [5.41, 5.74) is 1.26. The molecule has 0 unspecified atom stereocenters. The summed E-state index contributed by atoms with van der Waals surface area (Å²) in [7, 11) is 0. The first-order valence-electron chi connectivity index (χ1n) is 9.33. The van der Waals surface area contributed by atoms with Crippen LogP contribution in [0, 0.1) is 5.41 Å². The molecule has 0 atom stereocenters. The molecular weight excluding hydrogens is 356 g/mol. The number of ether oxygens (including phenoxy) is 2. The van der Waals surface area contributed by atoms with Crippen LogP contribution in [0.4, 0.5) is 11.4 Å². The van der Waals surface area contributed by atoms with Crippen LogP contribution >= 0.6 is 0 Å². The van der Waals surface area contributed by atoms with Crippen LogP contribution in [0.1, 0.15) is 38.1 Å². The maximum absolute atomic E-state index is 12.5. The van der Waals surface area contributed by atoms with Gasteiger partial charge in [0.2, 0.25) is 5.91 Å². The third-order valence-corrected chi connectivity index (χ3v) is 3.88. The van der Waals surface area contributed by atoms with Crippen LogP contribution in [-0.4, -0.2) is 31.6 Å². The zero-order valence-electron chi connectivity index (χ0n) is 16.9. The predicted octanol–water partition coefficient (Wildman–Crippen LogP) is 4.34. The lowest BCUT2D eigenvalue weighted by Crippen LogP contribution is -2.27. The van der Waals surface area contributed by atoms with Crippen LogP contribution in [0.15, 0.2) is 48.5 Å². The van der Waals surface area contributed by atoms with Gasteiger partial charge in [0.05, 0.1) is 6.61 Å². The summed E-state index contributed by atoms with van der Waals surface area (Å²) in [6.45, 7) is 9.12. The summed E-state index contributed by atoms with van der Waals surface area (Å²) in [6, 6.07) is 14.0. The molecule has 0 aliphatic carbocycles. The maximum atomic E-state index is 12.5. The smallest absolute Gasteiger partial charge is 0.255 e. The zero-order chi connectivity index (χ0) is 20.6. The molecule has 150 valence electrons. The molecule has 0 bridgehead atoms. The SMILES string of the molecule is CCOCCOc1ccc(C(=O)Nc2cccc(NC(=O)C(C)(C)C)c2)cc1. The molecule has 0 radical (unpaired) electrons. The van der Waals surface area contributed by atoms with Crippen molar-refractivity contribution in [3.8, 4) is 5.75 Å². The maximum Gasteiger partial charge on any atom is 0.255 e. The molecule has 0 heterocycles. The second-order valence-corrected chi connectivity index (χ2v) is 7.31. The minimum Gasteiger partial charge on any atom is -0.491 e. The number of rotatable bonds is 8. The molecule has 2 aromatic carbocycles. The van der Waals surface area contributed by atoms with Crippen LogP contribution in [0.2, 0.25) is 0 Å². The normalized spacial score (nSPS) is 11.0. The lowest BCUT2D eigenvalue weighted by molar-refractivity contribution is -0.123. The van der Waals surface area contributed by atoms with Gasteiger partial charge in [0.25, 0.3) is 5.91 Å². The Morgan fingerprint density at radius 1 is 0.929 bits per heavy atom. The van der Waals surface area contributed by atoms with Gasteiger partial charge in [-0.05, 0) is 49.4 Å². The third-order valence-electron chi connectivity index (χ3n) is 3.88. The van der Waals surface area contributed by atoms with Crippen molar-refractivity contribution < 1.29 is 19.1 Å². The van der Waals surface area contributed by atoms with Crippen LogP contribution in [0.5, 0.6) is 5.75 Å². The van der Waals surface area contributed by atoms with Gasteiger partial charge in [-0.1, -0.05) is 26.8 Å². The molecule has 0 aliphatic heterocycles. The first-order chi connectivity index (χ1) is 13.3. The van der Waals surface area contributed by atoms with E-state index in [-0.39, 0.29) is 11.8 Å². The Kier molecular flexibility index (Phi) is 7.58. The Hall–Kier alpha value is -2.86. The number of amides is 2. The van der Waals surface area contributed by atoms with E-state index in [1.807, 2.05) is 27.7 Å². The Morgan fingerprint density at radius 2 is 1.57 bits per heavy atom. The van der Waals surface area contributed by atoms with Crippen molar-refractivity contribution in [2.24, 2.45) is 5.41 Å². The van der Waals surface area contributed by atoms with Gasteiger partial charge in [0.1, 0.15) is 12.4 Å². The van der Waals surface area contributed by atoms with Crippen molar-refractivity contribution in [1.82, 2.24) is 0 Å². The summed E-state index contributed by atoms with van der Waals surface area (Å²) in [6.07, 6.45) is 0. The van der Waals surface area contributed by atoms with Crippen LogP contribution < -0.4 is 15.4 Å². The van der Waals surface area contributed by atoms with E-state index in [9.17, 15) is 9.59 Å². The number of hydrogen-bond donors (Lipinski definition) is 2. The van der Waals surface area contributed by atoms with E-state index in [1.165, 1.54) is 0 Å². The van der Waals surface area contributed by atoms with Gasteiger partial charge in [0, 0.05) is 29.0 Å². The molecule has 0 aliphatic rings.